The number of halogens is 1. The number of esters is 2. The number of hydrogen-bond donors (Lipinski definition) is 1. The SMILES string of the molecule is CCCCOc1ccc(-c2ccc(CCC(COC(C)=O)C(CC(N)=O)OC(C)=O)cc2)c(F)c1. The van der Waals surface area contributed by atoms with Gasteiger partial charge in [-0.3, -0.25) is 14.4 Å². The number of benzene rings is 2. The van der Waals surface area contributed by atoms with E-state index in [4.69, 9.17) is 19.9 Å². The van der Waals surface area contributed by atoms with Crippen LogP contribution in [0.3, 0.4) is 0 Å². The highest BCUT2D eigenvalue weighted by molar-refractivity contribution is 5.75. The van der Waals surface area contributed by atoms with E-state index in [2.05, 4.69) is 6.92 Å². The molecule has 0 aliphatic rings. The number of primary amides is 1. The van der Waals surface area contributed by atoms with Gasteiger partial charge in [0.1, 0.15) is 17.7 Å². The third-order valence-corrected chi connectivity index (χ3v) is 5.52. The molecule has 0 saturated carbocycles. The molecule has 35 heavy (non-hydrogen) atoms. The smallest absolute Gasteiger partial charge is 0.302 e. The van der Waals surface area contributed by atoms with Gasteiger partial charge >= 0.3 is 11.9 Å². The Kier molecular flexibility index (Phi) is 11.2. The van der Waals surface area contributed by atoms with Gasteiger partial charge in [-0.1, -0.05) is 37.6 Å². The third-order valence-electron chi connectivity index (χ3n) is 5.52. The second-order valence-corrected chi connectivity index (χ2v) is 8.46. The summed E-state index contributed by atoms with van der Waals surface area (Å²) in [5, 5.41) is 0. The zero-order chi connectivity index (χ0) is 25.8. The predicted octanol–water partition coefficient (Wildman–Crippen LogP) is 4.59. The van der Waals surface area contributed by atoms with E-state index in [-0.39, 0.29) is 18.8 Å². The maximum Gasteiger partial charge on any atom is 0.302 e. The molecule has 0 saturated heterocycles. The summed E-state index contributed by atoms with van der Waals surface area (Å²) in [5.41, 5.74) is 7.48. The molecule has 7 nitrogen and oxygen atoms in total. The molecule has 2 N–H and O–H groups in total. The zero-order valence-corrected chi connectivity index (χ0v) is 20.6. The van der Waals surface area contributed by atoms with Crippen molar-refractivity contribution in [2.75, 3.05) is 13.2 Å². The van der Waals surface area contributed by atoms with Crippen molar-refractivity contribution < 1.29 is 33.0 Å². The summed E-state index contributed by atoms with van der Waals surface area (Å²) in [4.78, 5) is 34.3. The van der Waals surface area contributed by atoms with Crippen molar-refractivity contribution in [3.8, 4) is 16.9 Å². The lowest BCUT2D eigenvalue weighted by Gasteiger charge is -2.25. The predicted molar refractivity (Wildman–Crippen MR) is 130 cm³/mol. The molecule has 0 bridgehead atoms. The topological polar surface area (TPSA) is 105 Å². The van der Waals surface area contributed by atoms with Crippen LogP contribution in [0.15, 0.2) is 42.5 Å². The van der Waals surface area contributed by atoms with E-state index < -0.39 is 29.9 Å². The molecule has 0 fully saturated rings. The molecule has 0 aromatic heterocycles. The molecule has 2 rings (SSSR count). The van der Waals surface area contributed by atoms with E-state index in [1.165, 1.54) is 19.9 Å². The molecular formula is C27H34FNO6. The normalized spacial score (nSPS) is 12.5. The van der Waals surface area contributed by atoms with Gasteiger partial charge in [0.25, 0.3) is 0 Å². The van der Waals surface area contributed by atoms with Crippen LogP contribution in [0.1, 0.15) is 52.0 Å². The lowest BCUT2D eigenvalue weighted by atomic mass is 9.92. The average molecular weight is 488 g/mol. The van der Waals surface area contributed by atoms with E-state index in [0.717, 1.165) is 24.0 Å². The fourth-order valence-corrected chi connectivity index (χ4v) is 3.67. The average Bonchev–Trinajstić information content (AvgIpc) is 2.79. The number of hydrogen-bond acceptors (Lipinski definition) is 6. The maximum atomic E-state index is 14.6. The Morgan fingerprint density at radius 1 is 1.03 bits per heavy atom. The van der Waals surface area contributed by atoms with Crippen molar-refractivity contribution in [2.45, 2.75) is 59.0 Å². The molecule has 8 heteroatoms. The molecule has 190 valence electrons. The number of amides is 1. The van der Waals surface area contributed by atoms with Crippen molar-refractivity contribution in [3.63, 3.8) is 0 Å². The first-order valence-corrected chi connectivity index (χ1v) is 11.8. The highest BCUT2D eigenvalue weighted by atomic mass is 19.1. The summed E-state index contributed by atoms with van der Waals surface area (Å²) in [5.74, 6) is -1.89. The second kappa shape index (κ2) is 14.1. The zero-order valence-electron chi connectivity index (χ0n) is 20.6. The number of aryl methyl sites for hydroxylation is 1. The van der Waals surface area contributed by atoms with Gasteiger partial charge in [-0.2, -0.15) is 0 Å². The van der Waals surface area contributed by atoms with Crippen LogP contribution in [-0.2, 0) is 30.3 Å². The molecular weight excluding hydrogens is 453 g/mol. The van der Waals surface area contributed by atoms with Crippen molar-refractivity contribution in [3.05, 3.63) is 53.8 Å². The molecule has 0 aliphatic carbocycles. The molecule has 0 radical (unpaired) electrons. The largest absolute Gasteiger partial charge is 0.493 e. The van der Waals surface area contributed by atoms with Crippen LogP contribution in [0.25, 0.3) is 11.1 Å². The van der Waals surface area contributed by atoms with Crippen LogP contribution >= 0.6 is 0 Å². The summed E-state index contributed by atoms with van der Waals surface area (Å²) in [6.07, 6.45) is 2.01. The summed E-state index contributed by atoms with van der Waals surface area (Å²) in [6, 6.07) is 12.3. The van der Waals surface area contributed by atoms with Crippen LogP contribution in [0.5, 0.6) is 5.75 Å². The molecule has 0 spiro atoms. The van der Waals surface area contributed by atoms with E-state index in [1.54, 1.807) is 12.1 Å². The fourth-order valence-electron chi connectivity index (χ4n) is 3.67. The van der Waals surface area contributed by atoms with Gasteiger partial charge in [-0.05, 0) is 42.5 Å². The standard InChI is InChI=1S/C27H34FNO6/c1-4-5-14-33-23-12-13-24(25(28)15-23)21-9-6-20(7-10-21)8-11-22(17-34-18(2)30)26(16-27(29)32)35-19(3)31/h6-7,9-10,12-13,15,22,26H,4-5,8,11,14,16-17H2,1-3H3,(H2,29,32). The number of nitrogens with two attached hydrogens (primary N) is 1. The van der Waals surface area contributed by atoms with Gasteiger partial charge < -0.3 is 19.9 Å². The summed E-state index contributed by atoms with van der Waals surface area (Å²) < 4.78 is 30.6. The minimum atomic E-state index is -0.796. The van der Waals surface area contributed by atoms with Crippen LogP contribution < -0.4 is 10.5 Å². The van der Waals surface area contributed by atoms with Crippen LogP contribution in [0, 0.1) is 11.7 Å². The molecule has 0 aliphatic heterocycles. The lowest BCUT2D eigenvalue weighted by Crippen LogP contribution is -2.34. The molecule has 0 heterocycles. The molecule has 2 aromatic rings. The van der Waals surface area contributed by atoms with E-state index in [1.807, 2.05) is 24.3 Å². The van der Waals surface area contributed by atoms with Gasteiger partial charge in [0, 0.05) is 31.4 Å². The summed E-state index contributed by atoms with van der Waals surface area (Å²) >= 11 is 0. The number of ether oxygens (including phenoxy) is 3. The number of carbonyl (C=O) groups is 3. The van der Waals surface area contributed by atoms with Crippen molar-refractivity contribution in [1.82, 2.24) is 0 Å². The van der Waals surface area contributed by atoms with Crippen LogP contribution in [0.2, 0.25) is 0 Å². The van der Waals surface area contributed by atoms with Gasteiger partial charge in [0.05, 0.1) is 19.6 Å². The van der Waals surface area contributed by atoms with Gasteiger partial charge in [-0.15, -0.1) is 0 Å². The monoisotopic (exact) mass is 487 g/mol. The Bertz CT molecular complexity index is 976. The Hall–Kier alpha value is -3.42. The minimum Gasteiger partial charge on any atom is -0.493 e. The van der Waals surface area contributed by atoms with Gasteiger partial charge in [0.2, 0.25) is 5.91 Å². The minimum absolute atomic E-state index is 0.00344. The Morgan fingerprint density at radius 3 is 2.31 bits per heavy atom. The number of rotatable bonds is 14. The van der Waals surface area contributed by atoms with E-state index in [0.29, 0.717) is 30.8 Å². The Labute approximate surface area is 205 Å². The maximum absolute atomic E-state index is 14.6. The van der Waals surface area contributed by atoms with Crippen LogP contribution in [0.4, 0.5) is 4.39 Å². The highest BCUT2D eigenvalue weighted by Gasteiger charge is 2.27. The summed E-state index contributed by atoms with van der Waals surface area (Å²) in [7, 11) is 0. The second-order valence-electron chi connectivity index (χ2n) is 8.46. The van der Waals surface area contributed by atoms with Crippen molar-refractivity contribution in [2.24, 2.45) is 11.7 Å². The van der Waals surface area contributed by atoms with Crippen molar-refractivity contribution in [1.29, 1.82) is 0 Å². The first-order chi connectivity index (χ1) is 16.7. The fraction of sp³-hybridized carbons (Fsp3) is 0.444. The first-order valence-electron chi connectivity index (χ1n) is 11.8. The van der Waals surface area contributed by atoms with Gasteiger partial charge in [0.15, 0.2) is 0 Å². The quantitative estimate of drug-likeness (QED) is 0.309. The number of carbonyl (C=O) groups excluding carboxylic acids is 3. The lowest BCUT2D eigenvalue weighted by molar-refractivity contribution is -0.154. The molecule has 1 amide bonds. The van der Waals surface area contributed by atoms with E-state index in [9.17, 15) is 18.8 Å². The van der Waals surface area contributed by atoms with E-state index >= 15 is 0 Å². The van der Waals surface area contributed by atoms with Gasteiger partial charge in [-0.25, -0.2) is 4.39 Å². The van der Waals surface area contributed by atoms with Crippen molar-refractivity contribution >= 4 is 17.8 Å². The first kappa shape index (κ1) is 27.8. The molecule has 2 atom stereocenters. The highest BCUT2D eigenvalue weighted by Crippen LogP contribution is 2.27. The van der Waals surface area contributed by atoms with Crippen LogP contribution in [-0.4, -0.2) is 37.2 Å². The molecule has 2 aromatic carbocycles. The summed E-state index contributed by atoms with van der Waals surface area (Å²) in [6.45, 7) is 5.15. The third kappa shape index (κ3) is 9.76. The number of unbranched alkanes of at least 4 members (excludes halogenated alkanes) is 1. The Morgan fingerprint density at radius 2 is 1.74 bits per heavy atom. The molecule has 2 unspecified atom stereocenters. The Balaban J connectivity index is 2.09.